The Morgan fingerprint density at radius 2 is 2.05 bits per heavy atom. The highest BCUT2D eigenvalue weighted by Crippen LogP contribution is 2.33. The summed E-state index contributed by atoms with van der Waals surface area (Å²) in [4.78, 5) is 28.3. The number of carbonyl (C=O) groups excluding carboxylic acids is 1. The quantitative estimate of drug-likeness (QED) is 0.306. The lowest BCUT2D eigenvalue weighted by Gasteiger charge is -2.33. The van der Waals surface area contributed by atoms with Crippen molar-refractivity contribution in [2.75, 3.05) is 25.0 Å². The van der Waals surface area contributed by atoms with Gasteiger partial charge in [0, 0.05) is 56.7 Å². The zero-order valence-electron chi connectivity index (χ0n) is 22.6. The monoisotopic (exact) mass is 577 g/mol. The van der Waals surface area contributed by atoms with Gasteiger partial charge in [-0.1, -0.05) is 0 Å². The number of pyridine rings is 1. The molecule has 1 saturated heterocycles. The number of amidine groups is 1. The van der Waals surface area contributed by atoms with E-state index in [1.54, 1.807) is 47.6 Å². The number of rotatable bonds is 6. The summed E-state index contributed by atoms with van der Waals surface area (Å²) in [5.74, 6) is 6.65. The summed E-state index contributed by atoms with van der Waals surface area (Å²) in [7, 11) is 1.90. The summed E-state index contributed by atoms with van der Waals surface area (Å²) in [6.45, 7) is 3.13. The Kier molecular flexibility index (Phi) is 7.06. The number of benzene rings is 1. The van der Waals surface area contributed by atoms with Crippen molar-refractivity contribution in [1.82, 2.24) is 25.0 Å². The number of nitrogens with two attached hydrogens (primary N) is 1. The zero-order chi connectivity index (χ0) is 29.5. The number of hydrogen-bond donors (Lipinski definition) is 3. The first-order chi connectivity index (χ1) is 20.1. The molecule has 2 aromatic heterocycles. The van der Waals surface area contributed by atoms with Crippen LogP contribution in [0.3, 0.4) is 0 Å². The highest BCUT2D eigenvalue weighted by atomic mass is 19.4. The molecule has 1 aromatic carbocycles. The fourth-order valence-corrected chi connectivity index (χ4v) is 5.25. The van der Waals surface area contributed by atoms with E-state index < -0.39 is 17.6 Å². The van der Waals surface area contributed by atoms with Gasteiger partial charge in [0.25, 0.3) is 11.7 Å². The van der Waals surface area contributed by atoms with E-state index >= 15 is 0 Å². The van der Waals surface area contributed by atoms with E-state index in [-0.39, 0.29) is 22.0 Å². The maximum atomic E-state index is 13.0. The second-order valence-electron chi connectivity index (χ2n) is 10.3. The molecular weight excluding hydrogens is 549 g/mol. The first-order valence-corrected chi connectivity index (χ1v) is 13.2. The molecule has 216 valence electrons. The number of nitrogens with one attached hydrogen (secondary N) is 2. The maximum absolute atomic E-state index is 13.0. The average molecular weight is 578 g/mol. The van der Waals surface area contributed by atoms with Crippen LogP contribution in [-0.2, 0) is 19.8 Å². The number of allylic oxidation sites excluding steroid dienone is 1. The largest absolute Gasteiger partial charge is 0.416 e. The Morgan fingerprint density at radius 1 is 1.24 bits per heavy atom. The van der Waals surface area contributed by atoms with Crippen molar-refractivity contribution in [3.05, 3.63) is 101 Å². The predicted octanol–water partition coefficient (Wildman–Crippen LogP) is 2.78. The number of fused-ring (bicyclic) bond motifs is 1. The van der Waals surface area contributed by atoms with Crippen molar-refractivity contribution in [2.24, 2.45) is 22.9 Å². The number of nitrogens with zero attached hydrogens (tertiary/aromatic N) is 7. The van der Waals surface area contributed by atoms with E-state index in [0.29, 0.717) is 17.9 Å². The molecule has 4 N–H and O–H groups in total. The summed E-state index contributed by atoms with van der Waals surface area (Å²) < 4.78 is 40.7. The van der Waals surface area contributed by atoms with Gasteiger partial charge in [0.05, 0.1) is 35.8 Å². The molecule has 0 spiro atoms. The van der Waals surface area contributed by atoms with Crippen LogP contribution in [0.25, 0.3) is 0 Å². The van der Waals surface area contributed by atoms with Crippen LogP contribution >= 0.6 is 0 Å². The summed E-state index contributed by atoms with van der Waals surface area (Å²) in [5, 5.41) is 10.2. The molecule has 3 aliphatic heterocycles. The van der Waals surface area contributed by atoms with Gasteiger partial charge in [0.2, 0.25) is 5.70 Å². The van der Waals surface area contributed by atoms with E-state index in [2.05, 4.69) is 30.6 Å². The maximum Gasteiger partial charge on any atom is 0.416 e. The number of aryl methyl sites for hydroxylation is 1. The van der Waals surface area contributed by atoms with Gasteiger partial charge in [0.15, 0.2) is 0 Å². The molecule has 11 nitrogen and oxygen atoms in total. The van der Waals surface area contributed by atoms with Crippen LogP contribution in [0.2, 0.25) is 0 Å². The standard InChI is InChI=1S/C28H27F3N10O/c1-39-15-18(13-36-39)16-40-10-8-34-22(17-40)25-23-14-33-9-11-41(23,32)26(38-25)19-2-4-20(5-3-19)27(42)37-24-12-21(6-7-35-24)28(29,30)31/h2-7,9,11-15,22,34H,8,10,16-17,32H2,1H3/p+1/t22-,41?/m1/s1. The van der Waals surface area contributed by atoms with Crippen LogP contribution < -0.4 is 16.5 Å². The molecule has 14 heteroatoms. The van der Waals surface area contributed by atoms with Crippen LogP contribution in [0, 0.1) is 0 Å². The van der Waals surface area contributed by atoms with Gasteiger partial charge < -0.3 is 10.6 Å². The van der Waals surface area contributed by atoms with Crippen LogP contribution in [0.1, 0.15) is 27.0 Å². The summed E-state index contributed by atoms with van der Waals surface area (Å²) in [6.07, 6.45) is 5.41. The van der Waals surface area contributed by atoms with Crippen molar-refractivity contribution in [2.45, 2.75) is 18.8 Å². The van der Waals surface area contributed by atoms with Crippen molar-refractivity contribution in [3.8, 4) is 0 Å². The van der Waals surface area contributed by atoms with Crippen LogP contribution in [0.15, 0.2) is 88.8 Å². The molecule has 3 aliphatic rings. The number of amides is 1. The fraction of sp³-hybridized carbons (Fsp3) is 0.250. The minimum Gasteiger partial charge on any atom is -0.307 e. The molecule has 0 radical (unpaired) electrons. The summed E-state index contributed by atoms with van der Waals surface area (Å²) in [5.41, 5.74) is 2.68. The third kappa shape index (κ3) is 5.39. The van der Waals surface area contributed by atoms with Gasteiger partial charge in [-0.2, -0.15) is 29.1 Å². The first-order valence-electron chi connectivity index (χ1n) is 13.2. The van der Waals surface area contributed by atoms with Crippen LogP contribution in [0.4, 0.5) is 19.0 Å². The molecule has 42 heavy (non-hydrogen) atoms. The van der Waals surface area contributed by atoms with E-state index in [4.69, 9.17) is 10.8 Å². The van der Waals surface area contributed by atoms with Crippen LogP contribution in [-0.4, -0.2) is 67.9 Å². The van der Waals surface area contributed by atoms with Crippen molar-refractivity contribution in [1.29, 1.82) is 0 Å². The smallest absolute Gasteiger partial charge is 0.307 e. The van der Waals surface area contributed by atoms with Gasteiger partial charge in [-0.05, 0) is 36.4 Å². The molecule has 2 atom stereocenters. The van der Waals surface area contributed by atoms with E-state index in [9.17, 15) is 18.0 Å². The fourth-order valence-electron chi connectivity index (χ4n) is 5.25. The number of halogens is 3. The Bertz CT molecular complexity index is 1640. The number of alkyl halides is 3. The number of hydrogen-bond acceptors (Lipinski definition) is 8. The van der Waals surface area contributed by atoms with E-state index in [1.165, 1.54) is 0 Å². The SMILES string of the molecule is Cn1cc(CN2CCN[C@@H](C3=C4C=NC=C[N+]4(N)C(c4ccc(C(=O)Nc5cc(C(F)(F)F)ccn5)cc4)=N3)C2)cn1. The summed E-state index contributed by atoms with van der Waals surface area (Å²) in [6, 6.07) is 8.11. The number of carbonyl (C=O) groups is 1. The molecule has 1 amide bonds. The topological polar surface area (TPSA) is 126 Å². The minimum atomic E-state index is -4.54. The van der Waals surface area contributed by atoms with Crippen molar-refractivity contribution >= 4 is 23.8 Å². The molecule has 5 heterocycles. The molecule has 0 aliphatic carbocycles. The molecule has 6 rings (SSSR count). The molecular formula is C28H28F3N10O+. The normalized spacial score (nSPS) is 22.3. The predicted molar refractivity (Wildman–Crippen MR) is 150 cm³/mol. The Hall–Kier alpha value is -4.50. The van der Waals surface area contributed by atoms with Crippen LogP contribution in [0.5, 0.6) is 0 Å². The minimum absolute atomic E-state index is 0.0908. The number of anilines is 1. The van der Waals surface area contributed by atoms with Gasteiger partial charge >= 0.3 is 6.18 Å². The number of piperazine rings is 1. The van der Waals surface area contributed by atoms with E-state index in [1.807, 2.05) is 19.4 Å². The number of aliphatic imine (C=N–C) groups is 2. The Morgan fingerprint density at radius 3 is 2.79 bits per heavy atom. The third-order valence-corrected chi connectivity index (χ3v) is 7.31. The second kappa shape index (κ2) is 10.7. The van der Waals surface area contributed by atoms with Gasteiger partial charge in [-0.3, -0.25) is 19.4 Å². The second-order valence-corrected chi connectivity index (χ2v) is 10.3. The molecule has 3 aromatic rings. The number of quaternary nitrogens is 1. The first kappa shape index (κ1) is 27.7. The molecule has 0 saturated carbocycles. The third-order valence-electron chi connectivity index (χ3n) is 7.31. The van der Waals surface area contributed by atoms with Gasteiger partial charge in [0.1, 0.15) is 17.7 Å². The van der Waals surface area contributed by atoms with Gasteiger partial charge in [-0.25, -0.2) is 4.98 Å². The van der Waals surface area contributed by atoms with E-state index in [0.717, 1.165) is 54.9 Å². The lowest BCUT2D eigenvalue weighted by molar-refractivity contribution is -0.750. The summed E-state index contributed by atoms with van der Waals surface area (Å²) >= 11 is 0. The molecule has 0 bridgehead atoms. The van der Waals surface area contributed by atoms with Crippen molar-refractivity contribution in [3.63, 3.8) is 0 Å². The Labute approximate surface area is 239 Å². The average Bonchev–Trinajstić information content (AvgIpc) is 3.52. The Balaban J connectivity index is 1.22. The molecule has 1 unspecified atom stereocenters. The molecule has 1 fully saturated rings. The lowest BCUT2D eigenvalue weighted by Crippen LogP contribution is -2.54. The highest BCUT2D eigenvalue weighted by molar-refractivity contribution is 6.05. The van der Waals surface area contributed by atoms with Gasteiger partial charge in [-0.15, -0.1) is 4.59 Å². The zero-order valence-corrected chi connectivity index (χ0v) is 22.6. The van der Waals surface area contributed by atoms with Crippen molar-refractivity contribution < 1.29 is 22.6 Å². The lowest BCUT2D eigenvalue weighted by atomic mass is 10.1. The number of aromatic nitrogens is 3. The highest BCUT2D eigenvalue weighted by Gasteiger charge is 2.46.